The molecule has 1 saturated carbocycles. The van der Waals surface area contributed by atoms with Gasteiger partial charge in [0.05, 0.1) is 0 Å². The summed E-state index contributed by atoms with van der Waals surface area (Å²) in [5.41, 5.74) is -1.47. The molecule has 1 aliphatic carbocycles. The van der Waals surface area contributed by atoms with E-state index < -0.39 is 31.3 Å². The molecular formula is C20H27NO4SeSi. The van der Waals surface area contributed by atoms with E-state index in [0.717, 1.165) is 4.46 Å². The number of esters is 2. The molecule has 0 unspecified atom stereocenters. The fourth-order valence-electron chi connectivity index (χ4n) is 3.82. The van der Waals surface area contributed by atoms with E-state index in [1.165, 1.54) is 0 Å². The summed E-state index contributed by atoms with van der Waals surface area (Å²) in [6.45, 7) is 10.3. The third-order valence-corrected chi connectivity index (χ3v) is 11.3. The minimum atomic E-state index is -1.82. The number of nitrogens with zero attached hydrogens (tertiary/aromatic N) is 1. The maximum atomic E-state index is 13.1. The average molecular weight is 452 g/mol. The van der Waals surface area contributed by atoms with Crippen molar-refractivity contribution in [3.05, 3.63) is 30.3 Å². The van der Waals surface area contributed by atoms with E-state index in [1.54, 1.807) is 13.8 Å². The summed E-state index contributed by atoms with van der Waals surface area (Å²) >= 11 is -0.154. The Bertz CT molecular complexity index is 708. The Kier molecular flexibility index (Phi) is 6.90. The summed E-state index contributed by atoms with van der Waals surface area (Å²) in [6, 6.07) is 12.2. The number of benzene rings is 1. The molecule has 146 valence electrons. The van der Waals surface area contributed by atoms with Gasteiger partial charge >= 0.3 is 169 Å². The van der Waals surface area contributed by atoms with Crippen molar-refractivity contribution in [1.82, 2.24) is 0 Å². The van der Waals surface area contributed by atoms with Gasteiger partial charge in [0, 0.05) is 0 Å². The van der Waals surface area contributed by atoms with Gasteiger partial charge in [0.2, 0.25) is 0 Å². The second-order valence-electron chi connectivity index (χ2n) is 7.66. The number of nitriles is 1. The van der Waals surface area contributed by atoms with Gasteiger partial charge in [-0.05, 0) is 0 Å². The van der Waals surface area contributed by atoms with E-state index in [9.17, 15) is 14.9 Å². The predicted octanol–water partition coefficient (Wildman–Crippen LogP) is 2.78. The van der Waals surface area contributed by atoms with Crippen molar-refractivity contribution in [2.75, 3.05) is 13.2 Å². The van der Waals surface area contributed by atoms with Gasteiger partial charge in [-0.25, -0.2) is 0 Å². The quantitative estimate of drug-likeness (QED) is 0.361. The van der Waals surface area contributed by atoms with Crippen LogP contribution in [0.5, 0.6) is 0 Å². The first-order valence-corrected chi connectivity index (χ1v) is 14.6. The monoisotopic (exact) mass is 453 g/mol. The molecule has 0 radical (unpaired) electrons. The van der Waals surface area contributed by atoms with Crippen molar-refractivity contribution < 1.29 is 19.1 Å². The zero-order valence-electron chi connectivity index (χ0n) is 16.5. The van der Waals surface area contributed by atoms with Crippen molar-refractivity contribution in [2.45, 2.75) is 43.8 Å². The molecule has 1 aromatic carbocycles. The molecule has 0 N–H and O–H groups in total. The van der Waals surface area contributed by atoms with Gasteiger partial charge < -0.3 is 0 Å². The van der Waals surface area contributed by atoms with Crippen LogP contribution in [-0.4, -0.2) is 48.2 Å². The Morgan fingerprint density at radius 3 is 2.04 bits per heavy atom. The third-order valence-electron chi connectivity index (χ3n) is 5.00. The van der Waals surface area contributed by atoms with E-state index in [-0.39, 0.29) is 38.5 Å². The molecule has 1 aliphatic rings. The molecular weight excluding hydrogens is 425 g/mol. The standard InChI is InChI=1S/C20H27NO4SeSi/c1-6-24-18(22)20(19(23)25-7-2)15(13-21)16(27(3,4)5)17(20)26-14-11-9-8-10-12-14/h8-12,15-17H,6-7H2,1-5H3/t15-,16-,17+/m1/s1. The van der Waals surface area contributed by atoms with Gasteiger partial charge in [0.15, 0.2) is 0 Å². The molecule has 0 aromatic heterocycles. The fraction of sp³-hybridized carbons (Fsp3) is 0.550. The van der Waals surface area contributed by atoms with Gasteiger partial charge in [0.1, 0.15) is 0 Å². The molecule has 7 heteroatoms. The van der Waals surface area contributed by atoms with Gasteiger partial charge in [0.25, 0.3) is 0 Å². The molecule has 3 atom stereocenters. The number of carbonyl (C=O) groups is 2. The van der Waals surface area contributed by atoms with Crippen LogP contribution in [0.1, 0.15) is 13.8 Å². The van der Waals surface area contributed by atoms with E-state index in [0.29, 0.717) is 0 Å². The maximum absolute atomic E-state index is 13.1. The minimum absolute atomic E-state index is 0.0384. The van der Waals surface area contributed by atoms with E-state index in [1.807, 2.05) is 30.3 Å². The van der Waals surface area contributed by atoms with Crippen LogP contribution in [0.25, 0.3) is 0 Å². The van der Waals surface area contributed by atoms with Crippen LogP contribution in [0, 0.1) is 22.7 Å². The van der Waals surface area contributed by atoms with Gasteiger partial charge in [-0.1, -0.05) is 0 Å². The van der Waals surface area contributed by atoms with Crippen LogP contribution in [0.3, 0.4) is 0 Å². The second kappa shape index (κ2) is 8.60. The summed E-state index contributed by atoms with van der Waals surface area (Å²) in [5.74, 6) is -1.91. The molecule has 1 aromatic rings. The molecule has 5 nitrogen and oxygen atoms in total. The molecule has 1 fully saturated rings. The zero-order chi connectivity index (χ0) is 20.2. The van der Waals surface area contributed by atoms with Crippen molar-refractivity contribution in [1.29, 1.82) is 5.26 Å². The Morgan fingerprint density at radius 2 is 1.63 bits per heavy atom. The number of hydrogen-bond acceptors (Lipinski definition) is 5. The summed E-state index contributed by atoms with van der Waals surface area (Å²) in [6.07, 6.45) is 0. The average Bonchev–Trinajstić information content (AvgIpc) is 2.58. The van der Waals surface area contributed by atoms with Crippen molar-refractivity contribution in [2.24, 2.45) is 11.3 Å². The first-order chi connectivity index (χ1) is 12.7. The van der Waals surface area contributed by atoms with Crippen LogP contribution in [0.2, 0.25) is 30.0 Å². The fourth-order valence-corrected chi connectivity index (χ4v) is 12.3. The topological polar surface area (TPSA) is 76.4 Å². The zero-order valence-corrected chi connectivity index (χ0v) is 19.2. The summed E-state index contributed by atoms with van der Waals surface area (Å²) < 4.78 is 11.7. The number of hydrogen-bond donors (Lipinski definition) is 0. The predicted molar refractivity (Wildman–Crippen MR) is 107 cm³/mol. The third kappa shape index (κ3) is 3.84. The summed E-state index contributed by atoms with van der Waals surface area (Å²) in [5, 5.41) is 9.94. The van der Waals surface area contributed by atoms with Gasteiger partial charge in [-0.3, -0.25) is 0 Å². The van der Waals surface area contributed by atoms with Crippen LogP contribution < -0.4 is 4.46 Å². The molecule has 0 aliphatic heterocycles. The SMILES string of the molecule is CCOC(=O)C1(C(=O)OCC)[C@H](C#N)[C@@H]([Si](C)(C)C)[C@@H]1[Se]c1ccccc1. The Labute approximate surface area is 168 Å². The van der Waals surface area contributed by atoms with Crippen LogP contribution >= 0.6 is 0 Å². The Balaban J connectivity index is 2.58. The molecule has 0 spiro atoms. The molecule has 27 heavy (non-hydrogen) atoms. The molecule has 0 heterocycles. The van der Waals surface area contributed by atoms with Crippen LogP contribution in [0.15, 0.2) is 30.3 Å². The molecule has 0 bridgehead atoms. The normalized spacial score (nSPS) is 23.6. The van der Waals surface area contributed by atoms with Crippen LogP contribution in [0.4, 0.5) is 0 Å². The van der Waals surface area contributed by atoms with Gasteiger partial charge in [-0.2, -0.15) is 0 Å². The van der Waals surface area contributed by atoms with Crippen molar-refractivity contribution in [3.63, 3.8) is 0 Å². The van der Waals surface area contributed by atoms with Crippen molar-refractivity contribution in [3.8, 4) is 6.07 Å². The van der Waals surface area contributed by atoms with Crippen LogP contribution in [-0.2, 0) is 19.1 Å². The molecule has 2 rings (SSSR count). The molecule has 0 amide bonds. The number of carbonyl (C=O) groups excluding carboxylic acids is 2. The number of rotatable bonds is 7. The van der Waals surface area contributed by atoms with E-state index in [2.05, 4.69) is 25.7 Å². The van der Waals surface area contributed by atoms with Crippen molar-refractivity contribution >= 4 is 39.4 Å². The summed E-state index contributed by atoms with van der Waals surface area (Å²) in [4.78, 5) is 25.9. The Hall–Kier alpha value is -1.61. The Morgan fingerprint density at radius 1 is 1.11 bits per heavy atom. The summed E-state index contributed by atoms with van der Waals surface area (Å²) in [7, 11) is -1.82. The molecule has 0 saturated heterocycles. The first kappa shape index (κ1) is 21.7. The second-order valence-corrected chi connectivity index (χ2v) is 15.6. The van der Waals surface area contributed by atoms with Gasteiger partial charge in [-0.15, -0.1) is 0 Å². The van der Waals surface area contributed by atoms with E-state index in [4.69, 9.17) is 9.47 Å². The first-order valence-electron chi connectivity index (χ1n) is 9.20. The van der Waals surface area contributed by atoms with E-state index >= 15 is 0 Å². The number of ether oxygens (including phenoxy) is 2.